The van der Waals surface area contributed by atoms with Gasteiger partial charge in [-0.15, -0.1) is 32.8 Å². The first-order valence-electron chi connectivity index (χ1n) is 18.0. The molecule has 0 bridgehead atoms. The number of nitrogens with zero attached hydrogens (tertiary/aromatic N) is 2. The van der Waals surface area contributed by atoms with Crippen molar-refractivity contribution < 1.29 is 0 Å². The zero-order valence-corrected chi connectivity index (χ0v) is 31.1. The summed E-state index contributed by atoms with van der Waals surface area (Å²) in [7, 11) is 90.5. The number of aromatic nitrogens is 2. The Morgan fingerprint density at radius 3 is 0.914 bits per heavy atom. The Bertz CT molecular complexity index is 3200. The molecule has 0 fully saturated rings. The normalized spacial score (nSPS) is 11.7. The standard InChI is InChI=1S/C42H14B14N2/c43-27-25(28(44)32(48)33(49)31(27)47)26-29(45)37(53)41(38(54)30(26)46)57-21-7-3-1-5-17(21)19-13-15(9-11-23(19)57)16-10-12-24-20(14-16)18-6-2-4-8-22(18)58(24)42-39(55)35(51)34(50)36(52)40(42)56/h1-14H. The predicted molar refractivity (Wildman–Crippen MR) is 261 cm³/mol. The second-order valence-electron chi connectivity index (χ2n) is 14.4. The van der Waals surface area contributed by atoms with E-state index in [4.69, 9.17) is 110 Å². The number of benzene rings is 7. The Balaban J connectivity index is 1.25. The molecule has 16 heteroatoms. The van der Waals surface area contributed by atoms with E-state index in [0.29, 0.717) is 11.4 Å². The van der Waals surface area contributed by atoms with Crippen molar-refractivity contribution in [1.29, 1.82) is 0 Å². The van der Waals surface area contributed by atoms with Gasteiger partial charge in [-0.2, -0.15) is 0 Å². The van der Waals surface area contributed by atoms with Crippen LogP contribution in [-0.2, 0) is 0 Å². The molecule has 0 aliphatic carbocycles. The van der Waals surface area contributed by atoms with E-state index < -0.39 is 0 Å². The summed E-state index contributed by atoms with van der Waals surface area (Å²) in [6.07, 6.45) is 0. The molecule has 0 aliphatic heterocycles. The molecule has 0 spiro atoms. The molecule has 0 unspecified atom stereocenters. The minimum atomic E-state index is 0.0383. The van der Waals surface area contributed by atoms with Gasteiger partial charge in [0.25, 0.3) is 0 Å². The van der Waals surface area contributed by atoms with E-state index in [9.17, 15) is 0 Å². The molecule has 9 rings (SSSR count). The maximum absolute atomic E-state index is 6.89. The van der Waals surface area contributed by atoms with Crippen LogP contribution in [0.25, 0.3) is 77.2 Å². The van der Waals surface area contributed by atoms with Gasteiger partial charge < -0.3 is 9.13 Å². The fraction of sp³-hybridized carbons (Fsp3) is 0. The van der Waals surface area contributed by atoms with E-state index in [1.54, 1.807) is 0 Å². The van der Waals surface area contributed by atoms with Gasteiger partial charge in [-0.25, -0.2) is 0 Å². The van der Waals surface area contributed by atoms with Gasteiger partial charge in [0.05, 0.1) is 22.1 Å². The highest BCUT2D eigenvalue weighted by molar-refractivity contribution is 6.71. The first-order chi connectivity index (χ1) is 27.6. The molecule has 0 N–H and O–H groups in total. The third-order valence-electron chi connectivity index (χ3n) is 11.4. The van der Waals surface area contributed by atoms with Crippen LogP contribution in [0, 0.1) is 0 Å². The van der Waals surface area contributed by atoms with Gasteiger partial charge >= 0.3 is 0 Å². The van der Waals surface area contributed by atoms with E-state index in [-0.39, 0.29) is 87.6 Å². The van der Waals surface area contributed by atoms with Crippen LogP contribution in [0.5, 0.6) is 0 Å². The smallest absolute Gasteiger partial charge is 0.115 e. The lowest BCUT2D eigenvalue weighted by Crippen LogP contribution is -2.57. The highest BCUT2D eigenvalue weighted by Crippen LogP contribution is 2.37. The van der Waals surface area contributed by atoms with Crippen molar-refractivity contribution >= 4 is 230 Å². The maximum atomic E-state index is 6.89. The highest BCUT2D eigenvalue weighted by atomic mass is 15.0. The summed E-state index contributed by atoms with van der Waals surface area (Å²) in [4.78, 5) is 0. The van der Waals surface area contributed by atoms with Gasteiger partial charge in [-0.05, 0) is 58.7 Å². The van der Waals surface area contributed by atoms with Gasteiger partial charge in [-0.1, -0.05) is 92.2 Å². The Hall–Kier alpha value is -4.95. The van der Waals surface area contributed by atoms with Crippen molar-refractivity contribution in [3.8, 4) is 33.6 Å². The van der Waals surface area contributed by atoms with Gasteiger partial charge in [0, 0.05) is 32.9 Å². The van der Waals surface area contributed by atoms with Gasteiger partial charge in [0.15, 0.2) is 0 Å². The summed E-state index contributed by atoms with van der Waals surface area (Å²) in [6, 6.07) is 28.2. The van der Waals surface area contributed by atoms with Crippen molar-refractivity contribution in [2.75, 3.05) is 0 Å². The molecule has 9 aromatic rings. The zero-order valence-electron chi connectivity index (χ0n) is 31.1. The van der Waals surface area contributed by atoms with Crippen LogP contribution in [-0.4, -0.2) is 119 Å². The van der Waals surface area contributed by atoms with E-state index >= 15 is 0 Å². The van der Waals surface area contributed by atoms with Crippen LogP contribution in [0.3, 0.4) is 0 Å². The number of para-hydroxylation sites is 2. The van der Waals surface area contributed by atoms with Crippen molar-refractivity contribution in [1.82, 2.24) is 9.13 Å². The average molecular weight is 698 g/mol. The Morgan fingerprint density at radius 2 is 0.534 bits per heavy atom. The minimum Gasteiger partial charge on any atom is -0.310 e. The molecular formula is C42H14B14N2. The number of fused-ring (bicyclic) bond motifs is 6. The maximum Gasteiger partial charge on any atom is 0.115 e. The molecule has 7 aromatic carbocycles. The van der Waals surface area contributed by atoms with Crippen LogP contribution >= 0.6 is 0 Å². The molecule has 2 aromatic heterocycles. The van der Waals surface area contributed by atoms with E-state index in [1.807, 2.05) is 81.9 Å². The Labute approximate surface area is 355 Å². The van der Waals surface area contributed by atoms with Crippen LogP contribution in [0.4, 0.5) is 0 Å². The largest absolute Gasteiger partial charge is 0.310 e. The highest BCUT2D eigenvalue weighted by Gasteiger charge is 2.23. The fourth-order valence-electron chi connectivity index (χ4n) is 8.31. The molecule has 0 amide bonds. The molecule has 58 heavy (non-hydrogen) atoms. The number of hydrogen-bond donors (Lipinski definition) is 0. The van der Waals surface area contributed by atoms with Crippen molar-refractivity contribution in [2.45, 2.75) is 0 Å². The topological polar surface area (TPSA) is 9.86 Å². The van der Waals surface area contributed by atoms with Crippen molar-refractivity contribution in [3.05, 3.63) is 84.9 Å². The zero-order chi connectivity index (χ0) is 41.2. The molecule has 2 heterocycles. The van der Waals surface area contributed by atoms with E-state index in [2.05, 4.69) is 12.1 Å². The van der Waals surface area contributed by atoms with Crippen molar-refractivity contribution in [3.63, 3.8) is 0 Å². The molecule has 2 nitrogen and oxygen atoms in total. The predicted octanol–water partition coefficient (Wildman–Crippen LogP) is -5.67. The van der Waals surface area contributed by atoms with E-state index in [1.165, 1.54) is 0 Å². The lowest BCUT2D eigenvalue weighted by molar-refractivity contribution is 1.21. The molecule has 234 valence electrons. The lowest BCUT2D eigenvalue weighted by atomic mass is 9.56. The third kappa shape index (κ3) is 5.32. The number of rotatable bonds is 4. The minimum absolute atomic E-state index is 0.0383. The molecular weight excluding hydrogens is 684 g/mol. The van der Waals surface area contributed by atoms with Crippen LogP contribution in [0.2, 0.25) is 0 Å². The average Bonchev–Trinajstić information content (AvgIpc) is 3.73. The second kappa shape index (κ2) is 13.8. The first kappa shape index (κ1) is 38.6. The van der Waals surface area contributed by atoms with Gasteiger partial charge in [-0.3, -0.25) is 0 Å². The lowest BCUT2D eigenvalue weighted by Gasteiger charge is -2.28. The van der Waals surface area contributed by atoms with Crippen molar-refractivity contribution in [2.24, 2.45) is 0 Å². The monoisotopic (exact) mass is 700 g/mol. The summed E-state index contributed by atoms with van der Waals surface area (Å²) in [5.74, 6) is 0. The Morgan fingerprint density at radius 1 is 0.259 bits per heavy atom. The van der Waals surface area contributed by atoms with Crippen LogP contribution in [0.1, 0.15) is 0 Å². The summed E-state index contributed by atoms with van der Waals surface area (Å²) in [5, 5.41) is 3.80. The molecule has 0 saturated heterocycles. The quantitative estimate of drug-likeness (QED) is 0.163. The Kier molecular flexibility index (Phi) is 9.19. The summed E-state index contributed by atoms with van der Waals surface area (Å²) < 4.78 is 3.92. The van der Waals surface area contributed by atoms with Gasteiger partial charge in [0.1, 0.15) is 110 Å². The van der Waals surface area contributed by atoms with Crippen LogP contribution < -0.4 is 76.5 Å². The summed E-state index contributed by atoms with van der Waals surface area (Å²) in [5.41, 5.74) is 8.19. The SMILES string of the molecule is [B]c1c([B])c([B])c(-c2c([B])c([B])c(-n3c4ccccc4c4cc(-c5ccc6c(c5)c5ccccc5n6-c5c([B])c([B])c([B])c([B])c5[B])ccc43)c([B])c2[B])c([B])c1[B]. The van der Waals surface area contributed by atoms with E-state index in [0.717, 1.165) is 54.7 Å². The molecule has 0 atom stereocenters. The first-order valence-corrected chi connectivity index (χ1v) is 18.0. The molecule has 28 radical (unpaired) electrons. The summed E-state index contributed by atoms with van der Waals surface area (Å²) >= 11 is 0. The number of hydrogen-bond acceptors (Lipinski definition) is 0. The third-order valence-corrected chi connectivity index (χ3v) is 11.4. The fourth-order valence-corrected chi connectivity index (χ4v) is 8.31. The van der Waals surface area contributed by atoms with Gasteiger partial charge in [0.2, 0.25) is 0 Å². The van der Waals surface area contributed by atoms with Crippen LogP contribution in [0.15, 0.2) is 84.9 Å². The second-order valence-corrected chi connectivity index (χ2v) is 14.4. The molecule has 0 aliphatic rings. The summed E-state index contributed by atoms with van der Waals surface area (Å²) in [6.45, 7) is 0. The molecule has 0 saturated carbocycles.